The first kappa shape index (κ1) is 15.7. The lowest BCUT2D eigenvalue weighted by Gasteiger charge is -2.16. The summed E-state index contributed by atoms with van der Waals surface area (Å²) in [7, 11) is 0. The van der Waals surface area contributed by atoms with Crippen molar-refractivity contribution in [1.29, 1.82) is 0 Å². The minimum atomic E-state index is -0.368. The number of carbonyl (C=O) groups excluding carboxylic acids is 1. The lowest BCUT2D eigenvalue weighted by Crippen LogP contribution is -2.36. The fourth-order valence-electron chi connectivity index (χ4n) is 1.89. The molecule has 0 aliphatic carbocycles. The van der Waals surface area contributed by atoms with Crippen LogP contribution in [-0.4, -0.2) is 18.2 Å². The second kappa shape index (κ2) is 7.93. The number of anilines is 1. The normalized spacial score (nSPS) is 12.1. The number of nitrogens with zero attached hydrogens (tertiary/aromatic N) is 1. The van der Waals surface area contributed by atoms with Crippen molar-refractivity contribution >= 4 is 17.8 Å². The van der Waals surface area contributed by atoms with E-state index in [0.29, 0.717) is 12.0 Å². The molecule has 0 fully saturated rings. The zero-order chi connectivity index (χ0) is 15.8. The maximum atomic E-state index is 12.8. The second-order valence-corrected chi connectivity index (χ2v) is 4.76. The van der Waals surface area contributed by atoms with Gasteiger partial charge in [-0.1, -0.05) is 37.3 Å². The molecular weight excluding hydrogens is 281 g/mol. The second-order valence-electron chi connectivity index (χ2n) is 4.76. The molecule has 0 unspecified atom stereocenters. The van der Waals surface area contributed by atoms with E-state index in [9.17, 15) is 9.18 Å². The van der Waals surface area contributed by atoms with Gasteiger partial charge in [0.05, 0.1) is 6.21 Å². The van der Waals surface area contributed by atoms with Crippen molar-refractivity contribution in [3.05, 3.63) is 66.0 Å². The molecular formula is C17H18FN3O. The maximum absolute atomic E-state index is 12.8. The van der Waals surface area contributed by atoms with Crippen molar-refractivity contribution in [3.63, 3.8) is 0 Å². The van der Waals surface area contributed by atoms with Crippen LogP contribution in [0.4, 0.5) is 10.1 Å². The molecule has 114 valence electrons. The van der Waals surface area contributed by atoms with Gasteiger partial charge in [-0.2, -0.15) is 5.10 Å². The van der Waals surface area contributed by atoms with Crippen LogP contribution in [0.3, 0.4) is 0 Å². The van der Waals surface area contributed by atoms with Crippen molar-refractivity contribution in [2.45, 2.75) is 19.4 Å². The van der Waals surface area contributed by atoms with E-state index in [0.717, 1.165) is 5.69 Å². The van der Waals surface area contributed by atoms with Crippen LogP contribution < -0.4 is 10.7 Å². The molecule has 0 bridgehead atoms. The molecule has 0 aromatic heterocycles. The van der Waals surface area contributed by atoms with Gasteiger partial charge in [-0.15, -0.1) is 0 Å². The lowest BCUT2D eigenvalue weighted by atomic mass is 10.2. The van der Waals surface area contributed by atoms with Crippen LogP contribution in [0.2, 0.25) is 0 Å². The van der Waals surface area contributed by atoms with E-state index < -0.39 is 0 Å². The Kier molecular flexibility index (Phi) is 5.65. The largest absolute Gasteiger partial charge is 0.374 e. The predicted molar refractivity (Wildman–Crippen MR) is 86.3 cm³/mol. The summed E-state index contributed by atoms with van der Waals surface area (Å²) in [6.45, 7) is 1.92. The van der Waals surface area contributed by atoms with E-state index in [1.54, 1.807) is 12.1 Å². The number of para-hydroxylation sites is 1. The number of halogens is 1. The third-order valence-corrected chi connectivity index (χ3v) is 3.10. The topological polar surface area (TPSA) is 53.5 Å². The fraction of sp³-hybridized carbons (Fsp3) is 0.176. The Morgan fingerprint density at radius 2 is 1.86 bits per heavy atom. The smallest absolute Gasteiger partial charge is 0.262 e. The first-order valence-corrected chi connectivity index (χ1v) is 7.09. The molecule has 22 heavy (non-hydrogen) atoms. The summed E-state index contributed by atoms with van der Waals surface area (Å²) >= 11 is 0. The Balaban J connectivity index is 1.90. The van der Waals surface area contributed by atoms with Gasteiger partial charge in [-0.05, 0) is 36.2 Å². The summed E-state index contributed by atoms with van der Waals surface area (Å²) in [6, 6.07) is 15.0. The zero-order valence-corrected chi connectivity index (χ0v) is 12.3. The molecule has 0 radical (unpaired) electrons. The highest BCUT2D eigenvalue weighted by Gasteiger charge is 2.15. The number of hydrogen-bond donors (Lipinski definition) is 2. The first-order chi connectivity index (χ1) is 10.7. The van der Waals surface area contributed by atoms with Gasteiger partial charge >= 0.3 is 0 Å². The molecule has 2 aromatic carbocycles. The molecule has 0 saturated carbocycles. The fourth-order valence-corrected chi connectivity index (χ4v) is 1.89. The molecule has 0 saturated heterocycles. The minimum absolute atomic E-state index is 0.218. The van der Waals surface area contributed by atoms with Crippen LogP contribution >= 0.6 is 0 Å². The standard InChI is InChI=1S/C17H18FN3O/c1-2-16(20-15-6-4-3-5-7-15)17(22)21-19-12-13-8-10-14(18)11-9-13/h3-12,16,20H,2H2,1H3,(H,21,22)/b19-12-/t16-/m1/s1. The molecule has 5 heteroatoms. The summed E-state index contributed by atoms with van der Waals surface area (Å²) in [6.07, 6.45) is 2.11. The van der Waals surface area contributed by atoms with E-state index in [-0.39, 0.29) is 17.8 Å². The van der Waals surface area contributed by atoms with Crippen LogP contribution in [0.15, 0.2) is 59.7 Å². The van der Waals surface area contributed by atoms with Crippen LogP contribution in [0, 0.1) is 5.82 Å². The van der Waals surface area contributed by atoms with Crippen LogP contribution in [-0.2, 0) is 4.79 Å². The third kappa shape index (κ3) is 4.70. The Labute approximate surface area is 129 Å². The molecule has 0 heterocycles. The summed E-state index contributed by atoms with van der Waals surface area (Å²) in [5.74, 6) is -0.524. The Morgan fingerprint density at radius 1 is 1.18 bits per heavy atom. The summed E-state index contributed by atoms with van der Waals surface area (Å²) in [5.41, 5.74) is 4.09. The number of amides is 1. The number of hydrogen-bond acceptors (Lipinski definition) is 3. The van der Waals surface area contributed by atoms with Crippen molar-refractivity contribution in [2.24, 2.45) is 5.10 Å². The molecule has 2 N–H and O–H groups in total. The van der Waals surface area contributed by atoms with Gasteiger partial charge in [0.15, 0.2) is 0 Å². The average Bonchev–Trinajstić information content (AvgIpc) is 2.55. The van der Waals surface area contributed by atoms with Crippen LogP contribution in [0.5, 0.6) is 0 Å². The van der Waals surface area contributed by atoms with Gasteiger partial charge in [0.25, 0.3) is 5.91 Å². The Bertz CT molecular complexity index is 626. The van der Waals surface area contributed by atoms with E-state index in [1.807, 2.05) is 37.3 Å². The van der Waals surface area contributed by atoms with Gasteiger partial charge in [0.2, 0.25) is 0 Å². The van der Waals surface area contributed by atoms with E-state index in [4.69, 9.17) is 0 Å². The van der Waals surface area contributed by atoms with E-state index in [1.165, 1.54) is 18.3 Å². The summed E-state index contributed by atoms with van der Waals surface area (Å²) < 4.78 is 12.8. The summed E-state index contributed by atoms with van der Waals surface area (Å²) in [5, 5.41) is 7.04. The molecule has 1 atom stereocenters. The minimum Gasteiger partial charge on any atom is -0.374 e. The highest BCUT2D eigenvalue weighted by Crippen LogP contribution is 2.09. The third-order valence-electron chi connectivity index (χ3n) is 3.10. The summed E-state index contributed by atoms with van der Waals surface area (Å²) in [4.78, 5) is 12.1. The molecule has 0 spiro atoms. The molecule has 0 aliphatic heterocycles. The van der Waals surface area contributed by atoms with Gasteiger partial charge < -0.3 is 5.32 Å². The number of benzene rings is 2. The van der Waals surface area contributed by atoms with Crippen molar-refractivity contribution in [2.75, 3.05) is 5.32 Å². The quantitative estimate of drug-likeness (QED) is 0.636. The van der Waals surface area contributed by atoms with Crippen LogP contribution in [0.1, 0.15) is 18.9 Å². The molecule has 2 rings (SSSR count). The van der Waals surface area contributed by atoms with Gasteiger partial charge in [0, 0.05) is 5.69 Å². The molecule has 0 aliphatic rings. The highest BCUT2D eigenvalue weighted by molar-refractivity contribution is 5.86. The Morgan fingerprint density at radius 3 is 2.50 bits per heavy atom. The number of carbonyl (C=O) groups is 1. The average molecular weight is 299 g/mol. The number of hydrazone groups is 1. The SMILES string of the molecule is CC[C@@H](Nc1ccccc1)C(=O)N/N=C\c1ccc(F)cc1. The predicted octanol–water partition coefficient (Wildman–Crippen LogP) is 3.17. The van der Waals surface area contributed by atoms with E-state index >= 15 is 0 Å². The van der Waals surface area contributed by atoms with Crippen molar-refractivity contribution < 1.29 is 9.18 Å². The van der Waals surface area contributed by atoms with Gasteiger partial charge in [0.1, 0.15) is 11.9 Å². The van der Waals surface area contributed by atoms with E-state index in [2.05, 4.69) is 15.8 Å². The number of nitrogens with one attached hydrogen (secondary N) is 2. The molecule has 2 aromatic rings. The van der Waals surface area contributed by atoms with Gasteiger partial charge in [-0.25, -0.2) is 9.82 Å². The lowest BCUT2D eigenvalue weighted by molar-refractivity contribution is -0.121. The highest BCUT2D eigenvalue weighted by atomic mass is 19.1. The number of rotatable bonds is 6. The first-order valence-electron chi connectivity index (χ1n) is 7.09. The maximum Gasteiger partial charge on any atom is 0.262 e. The van der Waals surface area contributed by atoms with Crippen LogP contribution in [0.25, 0.3) is 0 Å². The zero-order valence-electron chi connectivity index (χ0n) is 12.3. The van der Waals surface area contributed by atoms with Crippen molar-refractivity contribution in [3.8, 4) is 0 Å². The monoisotopic (exact) mass is 299 g/mol. The molecule has 4 nitrogen and oxygen atoms in total. The van der Waals surface area contributed by atoms with Gasteiger partial charge in [-0.3, -0.25) is 4.79 Å². The Hall–Kier alpha value is -2.69. The van der Waals surface area contributed by atoms with Crippen molar-refractivity contribution in [1.82, 2.24) is 5.43 Å². The molecule has 1 amide bonds.